The van der Waals surface area contributed by atoms with Gasteiger partial charge in [0, 0.05) is 17.7 Å². The van der Waals surface area contributed by atoms with Crippen molar-refractivity contribution in [3.63, 3.8) is 0 Å². The highest BCUT2D eigenvalue weighted by molar-refractivity contribution is 5.56. The lowest BCUT2D eigenvalue weighted by Gasteiger charge is -2.36. The third-order valence-electron chi connectivity index (χ3n) is 3.89. The van der Waals surface area contributed by atoms with Crippen molar-refractivity contribution in [2.45, 2.75) is 18.4 Å². The molecule has 0 atom stereocenters. The highest BCUT2D eigenvalue weighted by Gasteiger charge is 2.45. The highest BCUT2D eigenvalue weighted by atomic mass is 16.5. The minimum absolute atomic E-state index is 0.286. The van der Waals surface area contributed by atoms with E-state index in [2.05, 4.69) is 24.3 Å². The van der Waals surface area contributed by atoms with Crippen molar-refractivity contribution in [3.8, 4) is 11.5 Å². The summed E-state index contributed by atoms with van der Waals surface area (Å²) in [6.45, 7) is 0.822. The summed E-state index contributed by atoms with van der Waals surface area (Å²) in [5.41, 5.74) is 2.05. The van der Waals surface area contributed by atoms with Gasteiger partial charge < -0.3 is 9.47 Å². The van der Waals surface area contributed by atoms with Crippen LogP contribution in [0.15, 0.2) is 48.5 Å². The van der Waals surface area contributed by atoms with Crippen LogP contribution in [0.3, 0.4) is 0 Å². The first-order valence-corrected chi connectivity index (χ1v) is 6.41. The normalized spacial score (nSPS) is 19.1. The highest BCUT2D eigenvalue weighted by Crippen LogP contribution is 2.52. The molecule has 2 nitrogen and oxygen atoms in total. The molecule has 0 aromatic heterocycles. The standard InChI is InChI=1S/C16H14O2/c1-3-8-14-12(6-1)16(10-5-11-17-16)13-7-2-4-9-15(13)18-14/h1-4,6-9H,5,10-11H2. The molecular formula is C16H14O2. The molecule has 0 saturated carbocycles. The SMILES string of the molecule is c1ccc2c(c1)Oc1ccccc1C21CCCO1. The van der Waals surface area contributed by atoms with E-state index in [0.29, 0.717) is 0 Å². The largest absolute Gasteiger partial charge is 0.457 e. The number of ether oxygens (including phenoxy) is 2. The smallest absolute Gasteiger partial charge is 0.133 e. The van der Waals surface area contributed by atoms with Gasteiger partial charge in [0.2, 0.25) is 0 Å². The summed E-state index contributed by atoms with van der Waals surface area (Å²) in [6.07, 6.45) is 2.13. The molecule has 2 heterocycles. The summed E-state index contributed by atoms with van der Waals surface area (Å²) in [4.78, 5) is 0. The molecule has 0 bridgehead atoms. The Balaban J connectivity index is 2.01. The van der Waals surface area contributed by atoms with Crippen LogP contribution in [-0.4, -0.2) is 6.61 Å². The zero-order valence-corrected chi connectivity index (χ0v) is 10.1. The van der Waals surface area contributed by atoms with Gasteiger partial charge in [0.05, 0.1) is 0 Å². The molecule has 2 aliphatic rings. The van der Waals surface area contributed by atoms with Gasteiger partial charge in [-0.1, -0.05) is 36.4 Å². The van der Waals surface area contributed by atoms with E-state index in [4.69, 9.17) is 9.47 Å². The second-order valence-corrected chi connectivity index (χ2v) is 4.87. The number of benzene rings is 2. The summed E-state index contributed by atoms with van der Waals surface area (Å²) >= 11 is 0. The maximum Gasteiger partial charge on any atom is 0.133 e. The van der Waals surface area contributed by atoms with E-state index in [1.54, 1.807) is 0 Å². The predicted molar refractivity (Wildman–Crippen MR) is 68.9 cm³/mol. The Hall–Kier alpha value is -1.80. The molecular weight excluding hydrogens is 224 g/mol. The number of rotatable bonds is 0. The second-order valence-electron chi connectivity index (χ2n) is 4.87. The van der Waals surface area contributed by atoms with E-state index in [1.165, 1.54) is 11.1 Å². The van der Waals surface area contributed by atoms with Crippen LogP contribution in [0.25, 0.3) is 0 Å². The quantitative estimate of drug-likeness (QED) is 0.694. The van der Waals surface area contributed by atoms with E-state index in [9.17, 15) is 0 Å². The molecule has 0 amide bonds. The van der Waals surface area contributed by atoms with Gasteiger partial charge in [-0.3, -0.25) is 0 Å². The summed E-state index contributed by atoms with van der Waals surface area (Å²) < 4.78 is 12.1. The minimum Gasteiger partial charge on any atom is -0.457 e. The average Bonchev–Trinajstić information content (AvgIpc) is 2.90. The Morgan fingerprint density at radius 2 is 1.44 bits per heavy atom. The first kappa shape index (κ1) is 10.2. The summed E-state index contributed by atoms with van der Waals surface area (Å²) in [5.74, 6) is 1.86. The van der Waals surface area contributed by atoms with Crippen molar-refractivity contribution in [3.05, 3.63) is 59.7 Å². The third-order valence-corrected chi connectivity index (χ3v) is 3.89. The number of hydrogen-bond donors (Lipinski definition) is 0. The third kappa shape index (κ3) is 1.21. The lowest BCUT2D eigenvalue weighted by atomic mass is 9.81. The van der Waals surface area contributed by atoms with Gasteiger partial charge in [-0.25, -0.2) is 0 Å². The van der Waals surface area contributed by atoms with Crippen LogP contribution in [0.2, 0.25) is 0 Å². The molecule has 2 aromatic rings. The minimum atomic E-state index is -0.286. The maximum absolute atomic E-state index is 6.15. The van der Waals surface area contributed by atoms with Crippen LogP contribution in [0, 0.1) is 0 Å². The molecule has 1 saturated heterocycles. The molecule has 2 aromatic carbocycles. The Morgan fingerprint density at radius 3 is 2.00 bits per heavy atom. The van der Waals surface area contributed by atoms with Gasteiger partial charge in [-0.2, -0.15) is 0 Å². The molecule has 0 N–H and O–H groups in total. The van der Waals surface area contributed by atoms with Gasteiger partial charge >= 0.3 is 0 Å². The molecule has 2 heteroatoms. The first-order chi connectivity index (χ1) is 8.90. The first-order valence-electron chi connectivity index (χ1n) is 6.41. The number of para-hydroxylation sites is 2. The molecule has 2 aliphatic heterocycles. The predicted octanol–water partition coefficient (Wildman–Crippen LogP) is 3.85. The summed E-state index contributed by atoms with van der Waals surface area (Å²) in [7, 11) is 0. The van der Waals surface area contributed by atoms with Crippen LogP contribution >= 0.6 is 0 Å². The molecule has 0 aliphatic carbocycles. The molecule has 18 heavy (non-hydrogen) atoms. The van der Waals surface area contributed by atoms with Crippen molar-refractivity contribution in [1.82, 2.24) is 0 Å². The van der Waals surface area contributed by atoms with Gasteiger partial charge in [0.1, 0.15) is 17.1 Å². The van der Waals surface area contributed by atoms with Crippen molar-refractivity contribution in [1.29, 1.82) is 0 Å². The Morgan fingerprint density at radius 1 is 0.833 bits per heavy atom. The number of fused-ring (bicyclic) bond motifs is 4. The molecule has 90 valence electrons. The fourth-order valence-electron chi connectivity index (χ4n) is 3.11. The summed E-state index contributed by atoms with van der Waals surface area (Å²) in [5, 5.41) is 0. The monoisotopic (exact) mass is 238 g/mol. The summed E-state index contributed by atoms with van der Waals surface area (Å²) in [6, 6.07) is 16.4. The van der Waals surface area contributed by atoms with E-state index in [0.717, 1.165) is 30.9 Å². The van der Waals surface area contributed by atoms with Crippen LogP contribution < -0.4 is 4.74 Å². The van der Waals surface area contributed by atoms with E-state index < -0.39 is 0 Å². The molecule has 0 radical (unpaired) electrons. The number of hydrogen-bond acceptors (Lipinski definition) is 2. The van der Waals surface area contributed by atoms with Gasteiger partial charge in [0.25, 0.3) is 0 Å². The zero-order valence-electron chi connectivity index (χ0n) is 10.1. The lowest BCUT2D eigenvalue weighted by Crippen LogP contribution is -2.30. The van der Waals surface area contributed by atoms with Crippen LogP contribution in [-0.2, 0) is 10.3 Å². The molecule has 4 rings (SSSR count). The van der Waals surface area contributed by atoms with Crippen molar-refractivity contribution >= 4 is 0 Å². The molecule has 0 unspecified atom stereocenters. The Kier molecular flexibility index (Phi) is 2.03. The van der Waals surface area contributed by atoms with E-state index >= 15 is 0 Å². The zero-order chi connectivity index (χ0) is 12.0. The lowest BCUT2D eigenvalue weighted by molar-refractivity contribution is 0.0281. The maximum atomic E-state index is 6.15. The van der Waals surface area contributed by atoms with Crippen molar-refractivity contribution in [2.75, 3.05) is 6.61 Å². The van der Waals surface area contributed by atoms with Crippen LogP contribution in [0.4, 0.5) is 0 Å². The van der Waals surface area contributed by atoms with Gasteiger partial charge in [0.15, 0.2) is 0 Å². The van der Waals surface area contributed by atoms with Crippen molar-refractivity contribution < 1.29 is 9.47 Å². The molecule has 1 fully saturated rings. The van der Waals surface area contributed by atoms with Crippen LogP contribution in [0.5, 0.6) is 11.5 Å². The fourth-order valence-corrected chi connectivity index (χ4v) is 3.11. The van der Waals surface area contributed by atoms with Crippen molar-refractivity contribution in [2.24, 2.45) is 0 Å². The van der Waals surface area contributed by atoms with E-state index in [-0.39, 0.29) is 5.60 Å². The Bertz CT molecular complexity index is 550. The van der Waals surface area contributed by atoms with Crippen LogP contribution in [0.1, 0.15) is 24.0 Å². The second kappa shape index (κ2) is 3.59. The fraction of sp³-hybridized carbons (Fsp3) is 0.250. The average molecular weight is 238 g/mol. The topological polar surface area (TPSA) is 18.5 Å². The van der Waals surface area contributed by atoms with Gasteiger partial charge in [-0.05, 0) is 25.0 Å². The Labute approximate surface area is 106 Å². The van der Waals surface area contributed by atoms with Gasteiger partial charge in [-0.15, -0.1) is 0 Å². The molecule has 1 spiro atoms. The van der Waals surface area contributed by atoms with E-state index in [1.807, 2.05) is 24.3 Å².